The first-order valence-electron chi connectivity index (χ1n) is 6.20. The van der Waals surface area contributed by atoms with E-state index in [1.165, 1.54) is 16.7 Å². The number of nitrogens with zero attached hydrogens (tertiary/aromatic N) is 1. The summed E-state index contributed by atoms with van der Waals surface area (Å²) in [6, 6.07) is 6.48. The fourth-order valence-electron chi connectivity index (χ4n) is 1.93. The van der Waals surface area contributed by atoms with Gasteiger partial charge < -0.3 is 4.98 Å². The quantitative estimate of drug-likeness (QED) is 0.814. The van der Waals surface area contributed by atoms with Crippen molar-refractivity contribution in [3.63, 3.8) is 0 Å². The molecule has 94 valence electrons. The minimum atomic E-state index is 0.693. The molecule has 0 radical (unpaired) electrons. The molecule has 0 atom stereocenters. The van der Waals surface area contributed by atoms with E-state index < -0.39 is 0 Å². The molecule has 1 heterocycles. The molecule has 1 aromatic carbocycles. The molecular formula is C15H18N2S. The third-order valence-electron chi connectivity index (χ3n) is 3.33. The lowest BCUT2D eigenvalue weighted by Gasteiger charge is -2.10. The van der Waals surface area contributed by atoms with Crippen LogP contribution >= 0.6 is 12.2 Å². The average Bonchev–Trinajstić information content (AvgIpc) is 2.36. The zero-order chi connectivity index (χ0) is 13.3. The van der Waals surface area contributed by atoms with Crippen molar-refractivity contribution in [2.45, 2.75) is 34.1 Å². The average molecular weight is 258 g/mol. The molecule has 2 rings (SSSR count). The molecule has 0 saturated carbocycles. The Morgan fingerprint density at radius 2 is 1.89 bits per heavy atom. The van der Waals surface area contributed by atoms with Crippen LogP contribution in [-0.4, -0.2) is 9.97 Å². The third kappa shape index (κ3) is 2.36. The Morgan fingerprint density at radius 1 is 1.17 bits per heavy atom. The second-order valence-electron chi connectivity index (χ2n) is 4.64. The fourth-order valence-corrected chi connectivity index (χ4v) is 2.14. The lowest BCUT2D eigenvalue weighted by atomic mass is 10.0. The molecule has 3 heteroatoms. The van der Waals surface area contributed by atoms with Gasteiger partial charge in [-0.25, -0.2) is 4.98 Å². The van der Waals surface area contributed by atoms with Crippen LogP contribution in [0.4, 0.5) is 0 Å². The molecule has 0 bridgehead atoms. The molecular weight excluding hydrogens is 240 g/mol. The summed E-state index contributed by atoms with van der Waals surface area (Å²) in [5.41, 5.74) is 5.92. The van der Waals surface area contributed by atoms with Crippen LogP contribution in [0.5, 0.6) is 0 Å². The van der Waals surface area contributed by atoms with Crippen LogP contribution in [0.3, 0.4) is 0 Å². The Kier molecular flexibility index (Phi) is 3.62. The van der Waals surface area contributed by atoms with Gasteiger partial charge in [0.15, 0.2) is 0 Å². The molecule has 0 amide bonds. The maximum absolute atomic E-state index is 5.32. The maximum Gasteiger partial charge on any atom is 0.133 e. The van der Waals surface area contributed by atoms with Crippen molar-refractivity contribution in [3.8, 4) is 11.3 Å². The second-order valence-corrected chi connectivity index (χ2v) is 5.03. The third-order valence-corrected chi connectivity index (χ3v) is 3.73. The van der Waals surface area contributed by atoms with Crippen molar-refractivity contribution in [3.05, 3.63) is 45.4 Å². The van der Waals surface area contributed by atoms with Gasteiger partial charge in [0.2, 0.25) is 0 Å². The standard InChI is InChI=1S/C15H18N2S/c1-5-13-16-14(11(4)15(18)17-13)12-7-6-9(2)10(3)8-12/h6-8H,5H2,1-4H3,(H,16,17,18). The normalized spacial score (nSPS) is 10.7. The molecule has 18 heavy (non-hydrogen) atoms. The summed E-state index contributed by atoms with van der Waals surface area (Å²) in [7, 11) is 0. The summed E-state index contributed by atoms with van der Waals surface area (Å²) in [4.78, 5) is 7.77. The molecule has 2 aromatic rings. The summed E-state index contributed by atoms with van der Waals surface area (Å²) >= 11 is 5.32. The fraction of sp³-hybridized carbons (Fsp3) is 0.333. The predicted octanol–water partition coefficient (Wildman–Crippen LogP) is 4.29. The van der Waals surface area contributed by atoms with Crippen LogP contribution in [-0.2, 0) is 6.42 Å². The summed E-state index contributed by atoms with van der Waals surface area (Å²) in [5.74, 6) is 0.943. The van der Waals surface area contributed by atoms with Crippen LogP contribution in [0.25, 0.3) is 11.3 Å². The number of aromatic nitrogens is 2. The summed E-state index contributed by atoms with van der Waals surface area (Å²) < 4.78 is 0.693. The SMILES string of the molecule is CCc1nc(=S)c(C)c(-c2ccc(C)c(C)c2)[nH]1. The van der Waals surface area contributed by atoms with E-state index >= 15 is 0 Å². The first kappa shape index (κ1) is 13.0. The van der Waals surface area contributed by atoms with E-state index in [1.807, 2.05) is 6.92 Å². The van der Waals surface area contributed by atoms with Gasteiger partial charge in [0.05, 0.1) is 5.69 Å². The zero-order valence-electron chi connectivity index (χ0n) is 11.3. The molecule has 0 fully saturated rings. The van der Waals surface area contributed by atoms with E-state index in [9.17, 15) is 0 Å². The number of nitrogens with one attached hydrogen (secondary N) is 1. The Bertz CT molecular complexity index is 641. The summed E-state index contributed by atoms with van der Waals surface area (Å²) in [5, 5.41) is 0. The maximum atomic E-state index is 5.32. The number of hydrogen-bond acceptors (Lipinski definition) is 2. The highest BCUT2D eigenvalue weighted by Gasteiger charge is 2.07. The van der Waals surface area contributed by atoms with Crippen molar-refractivity contribution in [2.75, 3.05) is 0 Å². The van der Waals surface area contributed by atoms with Crippen molar-refractivity contribution < 1.29 is 0 Å². The highest BCUT2D eigenvalue weighted by molar-refractivity contribution is 7.71. The number of H-pyrrole nitrogens is 1. The van der Waals surface area contributed by atoms with Crippen molar-refractivity contribution in [2.24, 2.45) is 0 Å². The summed E-state index contributed by atoms with van der Waals surface area (Å²) in [6.07, 6.45) is 0.863. The summed E-state index contributed by atoms with van der Waals surface area (Å²) in [6.45, 7) is 8.35. The Balaban J connectivity index is 2.66. The van der Waals surface area contributed by atoms with E-state index in [0.29, 0.717) is 4.64 Å². The van der Waals surface area contributed by atoms with E-state index in [1.54, 1.807) is 0 Å². The molecule has 1 aromatic heterocycles. The molecule has 0 aliphatic carbocycles. The Morgan fingerprint density at radius 3 is 2.50 bits per heavy atom. The van der Waals surface area contributed by atoms with Crippen LogP contribution in [0, 0.1) is 25.4 Å². The predicted molar refractivity (Wildman–Crippen MR) is 78.4 cm³/mol. The van der Waals surface area contributed by atoms with E-state index in [2.05, 4.69) is 48.9 Å². The molecule has 0 unspecified atom stereocenters. The topological polar surface area (TPSA) is 28.7 Å². The Hall–Kier alpha value is -1.48. The van der Waals surface area contributed by atoms with Gasteiger partial charge >= 0.3 is 0 Å². The first-order chi connectivity index (χ1) is 8.52. The Labute approximate surface area is 113 Å². The van der Waals surface area contributed by atoms with Crippen molar-refractivity contribution in [1.29, 1.82) is 0 Å². The van der Waals surface area contributed by atoms with Crippen molar-refractivity contribution in [1.82, 2.24) is 9.97 Å². The monoisotopic (exact) mass is 258 g/mol. The van der Waals surface area contributed by atoms with Gasteiger partial charge in [0, 0.05) is 12.0 Å². The second kappa shape index (κ2) is 5.02. The molecule has 0 spiro atoms. The van der Waals surface area contributed by atoms with E-state index in [0.717, 1.165) is 23.5 Å². The van der Waals surface area contributed by atoms with Gasteiger partial charge in [-0.15, -0.1) is 0 Å². The van der Waals surface area contributed by atoms with E-state index in [4.69, 9.17) is 12.2 Å². The largest absolute Gasteiger partial charge is 0.343 e. The van der Waals surface area contributed by atoms with Crippen LogP contribution in [0.2, 0.25) is 0 Å². The minimum Gasteiger partial charge on any atom is -0.343 e. The highest BCUT2D eigenvalue weighted by atomic mass is 32.1. The smallest absolute Gasteiger partial charge is 0.133 e. The number of aromatic amines is 1. The molecule has 0 aliphatic heterocycles. The van der Waals surface area contributed by atoms with Gasteiger partial charge in [0.1, 0.15) is 10.5 Å². The van der Waals surface area contributed by atoms with Crippen molar-refractivity contribution >= 4 is 12.2 Å². The number of rotatable bonds is 2. The van der Waals surface area contributed by atoms with Crippen LogP contribution in [0.1, 0.15) is 29.4 Å². The van der Waals surface area contributed by atoms with Gasteiger partial charge in [-0.2, -0.15) is 0 Å². The molecule has 0 saturated heterocycles. The lowest BCUT2D eigenvalue weighted by molar-refractivity contribution is 0.926. The van der Waals surface area contributed by atoms with Gasteiger partial charge in [0.25, 0.3) is 0 Å². The zero-order valence-corrected chi connectivity index (χ0v) is 12.1. The van der Waals surface area contributed by atoms with Gasteiger partial charge in [-0.3, -0.25) is 0 Å². The number of benzene rings is 1. The number of hydrogen-bond donors (Lipinski definition) is 1. The van der Waals surface area contributed by atoms with Crippen LogP contribution < -0.4 is 0 Å². The minimum absolute atomic E-state index is 0.693. The highest BCUT2D eigenvalue weighted by Crippen LogP contribution is 2.24. The molecule has 2 nitrogen and oxygen atoms in total. The van der Waals surface area contributed by atoms with Gasteiger partial charge in [-0.05, 0) is 43.5 Å². The first-order valence-corrected chi connectivity index (χ1v) is 6.61. The lowest BCUT2D eigenvalue weighted by Crippen LogP contribution is -1.99. The van der Waals surface area contributed by atoms with Crippen LogP contribution in [0.15, 0.2) is 18.2 Å². The van der Waals surface area contributed by atoms with E-state index in [-0.39, 0.29) is 0 Å². The molecule has 0 aliphatic rings. The number of aryl methyl sites for hydroxylation is 3. The van der Waals surface area contributed by atoms with Gasteiger partial charge in [-0.1, -0.05) is 31.3 Å². The molecule has 1 N–H and O–H groups in total.